The van der Waals surface area contributed by atoms with Crippen molar-refractivity contribution in [3.63, 3.8) is 0 Å². The summed E-state index contributed by atoms with van der Waals surface area (Å²) < 4.78 is 5.13. The predicted octanol–water partition coefficient (Wildman–Crippen LogP) is 3.92. The van der Waals surface area contributed by atoms with Gasteiger partial charge < -0.3 is 10.1 Å². The van der Waals surface area contributed by atoms with E-state index < -0.39 is 0 Å². The number of benzene rings is 1. The summed E-state index contributed by atoms with van der Waals surface area (Å²) in [5.41, 5.74) is 0. The van der Waals surface area contributed by atoms with Crippen molar-refractivity contribution >= 4 is 35.2 Å². The van der Waals surface area contributed by atoms with Gasteiger partial charge in [0.1, 0.15) is 0 Å². The molecule has 2 fully saturated rings. The number of hydrogen-bond donors (Lipinski definition) is 1. The maximum Gasteiger partial charge on any atom is 0.306 e. The molecule has 6 heteroatoms. The van der Waals surface area contributed by atoms with E-state index in [-0.39, 0.29) is 18.5 Å². The highest BCUT2D eigenvalue weighted by Gasteiger charge is 2.40. The molecule has 1 aromatic carbocycles. The quantitative estimate of drug-likeness (QED) is 0.421. The van der Waals surface area contributed by atoms with Gasteiger partial charge in [-0.15, -0.1) is 11.8 Å². The van der Waals surface area contributed by atoms with Crippen LogP contribution in [0.4, 0.5) is 0 Å². The zero-order valence-corrected chi connectivity index (χ0v) is 15.8. The van der Waals surface area contributed by atoms with Gasteiger partial charge in [0.2, 0.25) is 0 Å². The van der Waals surface area contributed by atoms with Crippen LogP contribution >= 0.6 is 23.4 Å². The number of thioether (sulfide) groups is 1. The molecule has 0 aromatic heterocycles. The van der Waals surface area contributed by atoms with E-state index in [0.717, 1.165) is 23.0 Å². The summed E-state index contributed by atoms with van der Waals surface area (Å²) in [5.74, 6) is 2.29. The lowest BCUT2D eigenvalue weighted by Gasteiger charge is -2.20. The fourth-order valence-electron chi connectivity index (χ4n) is 3.99. The van der Waals surface area contributed by atoms with Crippen molar-refractivity contribution in [3.05, 3.63) is 29.3 Å². The van der Waals surface area contributed by atoms with E-state index in [9.17, 15) is 9.59 Å². The molecule has 2 saturated carbocycles. The SMILES string of the molecule is O=C(COC(=O)C[C@@H]1C[C@H]2CC[C@@H]1C2)NCCSc1ccc(Cl)cc1. The molecule has 2 aliphatic carbocycles. The van der Waals surface area contributed by atoms with Gasteiger partial charge >= 0.3 is 5.97 Å². The molecule has 136 valence electrons. The molecular formula is C19H24ClNO3S. The lowest BCUT2D eigenvalue weighted by Crippen LogP contribution is -2.31. The molecule has 3 rings (SSSR count). The molecule has 0 saturated heterocycles. The summed E-state index contributed by atoms with van der Waals surface area (Å²) in [6.45, 7) is 0.362. The molecule has 0 spiro atoms. The first-order valence-electron chi connectivity index (χ1n) is 8.91. The lowest BCUT2D eigenvalue weighted by atomic mass is 9.86. The number of rotatable bonds is 8. The Labute approximate surface area is 158 Å². The van der Waals surface area contributed by atoms with E-state index in [1.807, 2.05) is 24.3 Å². The van der Waals surface area contributed by atoms with Gasteiger partial charge in [0.25, 0.3) is 5.91 Å². The monoisotopic (exact) mass is 381 g/mol. The maximum absolute atomic E-state index is 11.9. The van der Waals surface area contributed by atoms with Gasteiger partial charge in [0, 0.05) is 28.6 Å². The van der Waals surface area contributed by atoms with Crippen molar-refractivity contribution < 1.29 is 14.3 Å². The number of carbonyl (C=O) groups is 2. The minimum absolute atomic E-state index is 0.175. The molecule has 25 heavy (non-hydrogen) atoms. The second kappa shape index (κ2) is 8.95. The van der Waals surface area contributed by atoms with Gasteiger partial charge in [-0.1, -0.05) is 18.0 Å². The number of fused-ring (bicyclic) bond motifs is 2. The predicted molar refractivity (Wildman–Crippen MR) is 99.7 cm³/mol. The van der Waals surface area contributed by atoms with Crippen molar-refractivity contribution in [1.29, 1.82) is 0 Å². The molecule has 3 atom stereocenters. The summed E-state index contributed by atoms with van der Waals surface area (Å²) in [6, 6.07) is 7.59. The van der Waals surface area contributed by atoms with Crippen LogP contribution in [-0.2, 0) is 14.3 Å². The van der Waals surface area contributed by atoms with E-state index in [2.05, 4.69) is 5.32 Å². The Bertz CT molecular complexity index is 607. The Kier molecular flexibility index (Phi) is 6.65. The highest BCUT2D eigenvalue weighted by atomic mass is 35.5. The van der Waals surface area contributed by atoms with Crippen LogP contribution in [0.3, 0.4) is 0 Å². The molecule has 1 aromatic rings. The van der Waals surface area contributed by atoms with Crippen molar-refractivity contribution in [3.8, 4) is 0 Å². The molecule has 0 heterocycles. The van der Waals surface area contributed by atoms with Gasteiger partial charge in [0.05, 0.1) is 0 Å². The molecule has 0 radical (unpaired) electrons. The van der Waals surface area contributed by atoms with Gasteiger partial charge in [0.15, 0.2) is 6.61 Å². The third-order valence-corrected chi connectivity index (χ3v) is 6.45. The Hall–Kier alpha value is -1.20. The van der Waals surface area contributed by atoms with E-state index >= 15 is 0 Å². The highest BCUT2D eigenvalue weighted by Crippen LogP contribution is 2.49. The molecule has 4 nitrogen and oxygen atoms in total. The first-order chi connectivity index (χ1) is 12.1. The van der Waals surface area contributed by atoms with E-state index in [0.29, 0.717) is 29.8 Å². The van der Waals surface area contributed by atoms with Gasteiger partial charge in [-0.05, 0) is 61.3 Å². The zero-order valence-electron chi connectivity index (χ0n) is 14.2. The molecule has 2 aliphatic rings. The van der Waals surface area contributed by atoms with E-state index in [1.54, 1.807) is 11.8 Å². The van der Waals surface area contributed by atoms with Crippen LogP contribution in [0, 0.1) is 17.8 Å². The van der Waals surface area contributed by atoms with Crippen LogP contribution in [0.15, 0.2) is 29.2 Å². The molecular weight excluding hydrogens is 358 g/mol. The number of ether oxygens (including phenoxy) is 1. The van der Waals surface area contributed by atoms with Crippen molar-refractivity contribution in [2.45, 2.75) is 37.0 Å². The van der Waals surface area contributed by atoms with Crippen LogP contribution in [0.25, 0.3) is 0 Å². The summed E-state index contributed by atoms with van der Waals surface area (Å²) in [4.78, 5) is 24.8. The summed E-state index contributed by atoms with van der Waals surface area (Å²) >= 11 is 7.48. The normalized spacial score (nSPS) is 24.3. The molecule has 0 aliphatic heterocycles. The highest BCUT2D eigenvalue weighted by molar-refractivity contribution is 7.99. The average Bonchev–Trinajstić information content (AvgIpc) is 3.21. The van der Waals surface area contributed by atoms with Crippen LogP contribution in [0.5, 0.6) is 0 Å². The Morgan fingerprint density at radius 3 is 2.68 bits per heavy atom. The van der Waals surface area contributed by atoms with Crippen LogP contribution in [0.2, 0.25) is 5.02 Å². The van der Waals surface area contributed by atoms with E-state index in [4.69, 9.17) is 16.3 Å². The van der Waals surface area contributed by atoms with Gasteiger partial charge in [-0.25, -0.2) is 0 Å². The smallest absolute Gasteiger partial charge is 0.306 e. The zero-order chi connectivity index (χ0) is 17.6. The largest absolute Gasteiger partial charge is 0.456 e. The number of nitrogens with one attached hydrogen (secondary N) is 1. The topological polar surface area (TPSA) is 55.4 Å². The van der Waals surface area contributed by atoms with Gasteiger partial charge in [-0.3, -0.25) is 9.59 Å². The number of halogens is 1. The molecule has 2 bridgehead atoms. The summed E-state index contributed by atoms with van der Waals surface area (Å²) in [5, 5.41) is 3.49. The third-order valence-electron chi connectivity index (χ3n) is 5.18. The van der Waals surface area contributed by atoms with Crippen molar-refractivity contribution in [2.24, 2.45) is 17.8 Å². The van der Waals surface area contributed by atoms with Crippen LogP contribution in [0.1, 0.15) is 32.1 Å². The Morgan fingerprint density at radius 1 is 1.20 bits per heavy atom. The minimum atomic E-state index is -0.238. The molecule has 0 unspecified atom stereocenters. The lowest BCUT2D eigenvalue weighted by molar-refractivity contribution is -0.149. The Balaban J connectivity index is 1.25. The Morgan fingerprint density at radius 2 is 2.00 bits per heavy atom. The second-order valence-electron chi connectivity index (χ2n) is 6.95. The first-order valence-corrected chi connectivity index (χ1v) is 10.3. The number of amides is 1. The van der Waals surface area contributed by atoms with Crippen LogP contribution < -0.4 is 5.32 Å². The number of carbonyl (C=O) groups excluding carboxylic acids is 2. The number of hydrogen-bond acceptors (Lipinski definition) is 4. The van der Waals surface area contributed by atoms with E-state index in [1.165, 1.54) is 19.3 Å². The van der Waals surface area contributed by atoms with Crippen LogP contribution in [-0.4, -0.2) is 30.8 Å². The summed E-state index contributed by atoms with van der Waals surface area (Å²) in [6.07, 6.45) is 5.50. The third kappa shape index (κ3) is 5.65. The van der Waals surface area contributed by atoms with Crippen molar-refractivity contribution in [2.75, 3.05) is 18.9 Å². The fourth-order valence-corrected chi connectivity index (χ4v) is 4.88. The van der Waals surface area contributed by atoms with Crippen molar-refractivity contribution in [1.82, 2.24) is 5.32 Å². The second-order valence-corrected chi connectivity index (χ2v) is 8.56. The minimum Gasteiger partial charge on any atom is -0.456 e. The molecule has 1 N–H and O–H groups in total. The summed E-state index contributed by atoms with van der Waals surface area (Å²) in [7, 11) is 0. The standard InChI is InChI=1S/C19H24ClNO3S/c20-16-3-5-17(6-4-16)25-8-7-21-18(22)12-24-19(23)11-15-10-13-1-2-14(15)9-13/h3-6,13-15H,1-2,7-12H2,(H,21,22)/t13-,14+,15-/m0/s1. The van der Waals surface area contributed by atoms with Gasteiger partial charge in [-0.2, -0.15) is 0 Å². The number of esters is 1. The fraction of sp³-hybridized carbons (Fsp3) is 0.579. The first kappa shape index (κ1) is 18.6. The maximum atomic E-state index is 11.9. The molecule has 1 amide bonds. The average molecular weight is 382 g/mol.